The van der Waals surface area contributed by atoms with Gasteiger partial charge in [0, 0.05) is 12.0 Å². The van der Waals surface area contributed by atoms with Gasteiger partial charge in [0.1, 0.15) is 0 Å². The summed E-state index contributed by atoms with van der Waals surface area (Å²) in [6, 6.07) is 0. The van der Waals surface area contributed by atoms with Gasteiger partial charge < -0.3 is 5.32 Å². The van der Waals surface area contributed by atoms with Crippen LogP contribution in [-0.4, -0.2) is 12.1 Å². The molecule has 0 rings (SSSR count). The first-order chi connectivity index (χ1) is 6.06. The van der Waals surface area contributed by atoms with Crippen LogP contribution in [0.5, 0.6) is 0 Å². The third kappa shape index (κ3) is 11.3. The minimum Gasteiger partial charge on any atom is -0.312 e. The van der Waals surface area contributed by atoms with Gasteiger partial charge in [-0.3, -0.25) is 0 Å². The van der Waals surface area contributed by atoms with E-state index in [2.05, 4.69) is 44.2 Å². The van der Waals surface area contributed by atoms with E-state index < -0.39 is 0 Å². The van der Waals surface area contributed by atoms with E-state index in [0.717, 1.165) is 25.8 Å². The predicted molar refractivity (Wildman–Crippen MR) is 59.6 cm³/mol. The maximum Gasteiger partial charge on any atom is 0.0121 e. The maximum atomic E-state index is 5.13. The predicted octanol–water partition coefficient (Wildman–Crippen LogP) is 2.73. The molecule has 0 spiro atoms. The fourth-order valence-electron chi connectivity index (χ4n) is 0.933. The van der Waals surface area contributed by atoms with Gasteiger partial charge in [-0.15, -0.1) is 12.3 Å². The third-order valence-corrected chi connectivity index (χ3v) is 1.59. The van der Waals surface area contributed by atoms with Gasteiger partial charge in [0.2, 0.25) is 0 Å². The molecular weight excluding hydrogens is 158 g/mol. The third-order valence-electron chi connectivity index (χ3n) is 1.59. The van der Waals surface area contributed by atoms with Crippen LogP contribution >= 0.6 is 0 Å². The van der Waals surface area contributed by atoms with E-state index in [1.165, 1.54) is 0 Å². The molecule has 0 unspecified atom stereocenters. The first-order valence-electron chi connectivity index (χ1n) is 4.90. The molecule has 0 bridgehead atoms. The van der Waals surface area contributed by atoms with Crippen molar-refractivity contribution in [2.45, 2.75) is 45.6 Å². The Bertz CT molecular complexity index is 178. The van der Waals surface area contributed by atoms with Gasteiger partial charge in [-0.05, 0) is 40.2 Å². The highest BCUT2D eigenvalue weighted by Gasteiger charge is 2.05. The summed E-state index contributed by atoms with van der Waals surface area (Å²) in [7, 11) is 0. The van der Waals surface area contributed by atoms with Crippen LogP contribution in [0.3, 0.4) is 0 Å². The zero-order chi connectivity index (χ0) is 10.2. The number of hydrogen-bond donors (Lipinski definition) is 1. The lowest BCUT2D eigenvalue weighted by molar-refractivity contribution is 0.431. The topological polar surface area (TPSA) is 12.0 Å². The Hall–Kier alpha value is -0.740. The molecule has 0 heterocycles. The summed E-state index contributed by atoms with van der Waals surface area (Å²) >= 11 is 0. The highest BCUT2D eigenvalue weighted by molar-refractivity contribution is 4.90. The Morgan fingerprint density at radius 1 is 1.23 bits per heavy atom. The summed E-state index contributed by atoms with van der Waals surface area (Å²) < 4.78 is 0. The van der Waals surface area contributed by atoms with Gasteiger partial charge in [-0.1, -0.05) is 12.2 Å². The Morgan fingerprint density at radius 3 is 2.38 bits per heavy atom. The molecule has 0 radical (unpaired) electrons. The number of nitrogens with one attached hydrogen (secondary N) is 1. The SMILES string of the molecule is C#CCCC=CCCNC(C)(C)C. The lowest BCUT2D eigenvalue weighted by Gasteiger charge is -2.19. The smallest absolute Gasteiger partial charge is 0.0121 e. The molecule has 0 aliphatic carbocycles. The van der Waals surface area contributed by atoms with Crippen LogP contribution in [0.1, 0.15) is 40.0 Å². The van der Waals surface area contributed by atoms with E-state index in [4.69, 9.17) is 6.42 Å². The van der Waals surface area contributed by atoms with E-state index in [9.17, 15) is 0 Å². The van der Waals surface area contributed by atoms with Gasteiger partial charge in [-0.25, -0.2) is 0 Å². The molecule has 13 heavy (non-hydrogen) atoms. The Labute approximate surface area is 82.6 Å². The van der Waals surface area contributed by atoms with Crippen LogP contribution in [0.15, 0.2) is 12.2 Å². The molecule has 1 N–H and O–H groups in total. The van der Waals surface area contributed by atoms with Gasteiger partial charge in [0.25, 0.3) is 0 Å². The second kappa shape index (κ2) is 6.74. The molecule has 0 aromatic rings. The first-order valence-corrected chi connectivity index (χ1v) is 4.90. The summed E-state index contributed by atoms with van der Waals surface area (Å²) in [6.45, 7) is 7.56. The van der Waals surface area contributed by atoms with Crippen molar-refractivity contribution in [1.82, 2.24) is 5.32 Å². The van der Waals surface area contributed by atoms with Gasteiger partial charge >= 0.3 is 0 Å². The number of terminal acetylenes is 1. The summed E-state index contributed by atoms with van der Waals surface area (Å²) in [4.78, 5) is 0. The van der Waals surface area contributed by atoms with E-state index in [1.807, 2.05) is 0 Å². The summed E-state index contributed by atoms with van der Waals surface area (Å²) in [5, 5.41) is 3.42. The van der Waals surface area contributed by atoms with Crippen molar-refractivity contribution in [2.24, 2.45) is 0 Å². The molecule has 0 saturated heterocycles. The summed E-state index contributed by atoms with van der Waals surface area (Å²) in [5.41, 5.74) is 0.229. The Morgan fingerprint density at radius 2 is 1.85 bits per heavy atom. The summed E-state index contributed by atoms with van der Waals surface area (Å²) in [6.07, 6.45) is 12.4. The van der Waals surface area contributed by atoms with Crippen LogP contribution < -0.4 is 5.32 Å². The molecule has 0 saturated carbocycles. The molecule has 0 fully saturated rings. The van der Waals surface area contributed by atoms with Gasteiger partial charge in [-0.2, -0.15) is 0 Å². The molecule has 0 atom stereocenters. The highest BCUT2D eigenvalue weighted by atomic mass is 14.9. The zero-order valence-corrected chi connectivity index (χ0v) is 9.06. The van der Waals surface area contributed by atoms with Crippen molar-refractivity contribution in [1.29, 1.82) is 0 Å². The highest BCUT2D eigenvalue weighted by Crippen LogP contribution is 1.98. The van der Waals surface area contributed by atoms with Crippen LogP contribution in [0.25, 0.3) is 0 Å². The minimum absolute atomic E-state index is 0.229. The Balaban J connectivity index is 3.26. The van der Waals surface area contributed by atoms with Crippen molar-refractivity contribution < 1.29 is 0 Å². The molecular formula is C12H21N. The lowest BCUT2D eigenvalue weighted by Crippen LogP contribution is -2.36. The average Bonchev–Trinajstić information content (AvgIpc) is 2.01. The maximum absolute atomic E-state index is 5.13. The zero-order valence-electron chi connectivity index (χ0n) is 9.06. The fourth-order valence-corrected chi connectivity index (χ4v) is 0.933. The first kappa shape index (κ1) is 12.3. The van der Waals surface area contributed by atoms with Crippen molar-refractivity contribution in [3.63, 3.8) is 0 Å². The fraction of sp³-hybridized carbons (Fsp3) is 0.667. The number of unbranched alkanes of at least 4 members (excludes halogenated alkanes) is 1. The van der Waals surface area contributed by atoms with E-state index >= 15 is 0 Å². The van der Waals surface area contributed by atoms with Crippen LogP contribution in [0.4, 0.5) is 0 Å². The normalized spacial score (nSPS) is 11.8. The van der Waals surface area contributed by atoms with Crippen molar-refractivity contribution >= 4 is 0 Å². The van der Waals surface area contributed by atoms with Crippen molar-refractivity contribution in [3.8, 4) is 12.3 Å². The van der Waals surface area contributed by atoms with Gasteiger partial charge in [0.05, 0.1) is 0 Å². The largest absolute Gasteiger partial charge is 0.312 e. The Kier molecular flexibility index (Phi) is 6.36. The second-order valence-electron chi connectivity index (χ2n) is 4.18. The van der Waals surface area contributed by atoms with E-state index in [-0.39, 0.29) is 5.54 Å². The van der Waals surface area contributed by atoms with E-state index in [1.54, 1.807) is 0 Å². The van der Waals surface area contributed by atoms with Crippen molar-refractivity contribution in [2.75, 3.05) is 6.54 Å². The average molecular weight is 179 g/mol. The molecule has 0 amide bonds. The molecule has 1 heteroatoms. The number of rotatable bonds is 5. The number of allylic oxidation sites excluding steroid dienone is 1. The second-order valence-corrected chi connectivity index (χ2v) is 4.18. The van der Waals surface area contributed by atoms with Crippen LogP contribution in [-0.2, 0) is 0 Å². The van der Waals surface area contributed by atoms with Gasteiger partial charge in [0.15, 0.2) is 0 Å². The van der Waals surface area contributed by atoms with Crippen LogP contribution in [0, 0.1) is 12.3 Å². The molecule has 0 aromatic carbocycles. The number of hydrogen-bond acceptors (Lipinski definition) is 1. The molecule has 0 aromatic heterocycles. The minimum atomic E-state index is 0.229. The molecule has 1 nitrogen and oxygen atoms in total. The van der Waals surface area contributed by atoms with E-state index in [0.29, 0.717) is 0 Å². The molecule has 74 valence electrons. The monoisotopic (exact) mass is 179 g/mol. The van der Waals surface area contributed by atoms with Crippen molar-refractivity contribution in [3.05, 3.63) is 12.2 Å². The summed E-state index contributed by atoms with van der Waals surface area (Å²) in [5.74, 6) is 2.62. The van der Waals surface area contributed by atoms with Crippen LogP contribution in [0.2, 0.25) is 0 Å². The lowest BCUT2D eigenvalue weighted by atomic mass is 10.1. The standard InChI is InChI=1S/C12H21N/c1-5-6-7-8-9-10-11-13-12(2,3)4/h1,8-9,13H,6-7,10-11H2,2-4H3. The molecule has 0 aliphatic rings. The molecule has 0 aliphatic heterocycles. The quantitative estimate of drug-likeness (QED) is 0.389.